The fraction of sp³-hybridized carbons (Fsp3) is 0.471. The van der Waals surface area contributed by atoms with Crippen LogP contribution in [0, 0.1) is 0 Å². The first-order chi connectivity index (χ1) is 14.0. The molecule has 176 valence electrons. The number of halogens is 3. The van der Waals surface area contributed by atoms with Gasteiger partial charge < -0.3 is 20.9 Å². The van der Waals surface area contributed by atoms with Crippen LogP contribution in [0.5, 0.6) is 0 Å². The van der Waals surface area contributed by atoms with Crippen molar-refractivity contribution in [3.8, 4) is 0 Å². The third-order valence-corrected chi connectivity index (χ3v) is 4.39. The molecule has 14 heteroatoms. The van der Waals surface area contributed by atoms with Crippen LogP contribution in [0.2, 0.25) is 0 Å². The summed E-state index contributed by atoms with van der Waals surface area (Å²) >= 11 is 0. The summed E-state index contributed by atoms with van der Waals surface area (Å²) in [7, 11) is -3.92. The first-order valence-corrected chi connectivity index (χ1v) is 10.0. The van der Waals surface area contributed by atoms with Crippen molar-refractivity contribution in [1.29, 1.82) is 0 Å². The van der Waals surface area contributed by atoms with Crippen molar-refractivity contribution in [2.24, 2.45) is 5.73 Å². The topological polar surface area (TPSA) is 165 Å². The first kappa shape index (κ1) is 28.3. The summed E-state index contributed by atoms with van der Waals surface area (Å²) in [5.74, 6) is -4.01. The van der Waals surface area contributed by atoms with E-state index in [0.717, 1.165) is 0 Å². The number of hydrogen-bond acceptors (Lipinski definition) is 7. The minimum Gasteiger partial charge on any atom is -0.475 e. The van der Waals surface area contributed by atoms with E-state index in [2.05, 4.69) is 10.0 Å². The summed E-state index contributed by atoms with van der Waals surface area (Å²) in [4.78, 5) is 32.3. The van der Waals surface area contributed by atoms with E-state index in [0.29, 0.717) is 0 Å². The Morgan fingerprint density at radius 1 is 1.13 bits per heavy atom. The van der Waals surface area contributed by atoms with E-state index in [9.17, 15) is 31.2 Å². The second kappa shape index (κ2) is 11.6. The summed E-state index contributed by atoms with van der Waals surface area (Å²) in [6.07, 6.45) is -6.61. The maximum Gasteiger partial charge on any atom is 0.490 e. The van der Waals surface area contributed by atoms with Crippen molar-refractivity contribution in [3.05, 3.63) is 30.3 Å². The number of nitrogens with two attached hydrogens (primary N) is 1. The molecule has 1 atom stereocenters. The van der Waals surface area contributed by atoms with Gasteiger partial charge in [-0.2, -0.15) is 17.9 Å². The quantitative estimate of drug-likeness (QED) is 0.334. The lowest BCUT2D eigenvalue weighted by atomic mass is 10.2. The van der Waals surface area contributed by atoms with Crippen molar-refractivity contribution >= 4 is 27.9 Å². The summed E-state index contributed by atoms with van der Waals surface area (Å²) in [5, 5.41) is 9.48. The molecule has 0 aliphatic rings. The Balaban J connectivity index is 0.00000110. The summed E-state index contributed by atoms with van der Waals surface area (Å²) in [6, 6.07) is 7.61. The molecule has 0 aliphatic heterocycles. The fourth-order valence-corrected chi connectivity index (χ4v) is 2.95. The molecule has 10 nitrogen and oxygen atoms in total. The third-order valence-electron chi connectivity index (χ3n) is 2.90. The van der Waals surface area contributed by atoms with Gasteiger partial charge in [-0.15, -0.1) is 0 Å². The van der Waals surface area contributed by atoms with E-state index >= 15 is 0 Å². The van der Waals surface area contributed by atoms with Gasteiger partial charge >= 0.3 is 18.1 Å². The zero-order valence-electron chi connectivity index (χ0n) is 16.9. The van der Waals surface area contributed by atoms with Crippen molar-refractivity contribution in [1.82, 2.24) is 10.0 Å². The molecular weight excluding hydrogens is 447 g/mol. The van der Waals surface area contributed by atoms with Crippen molar-refractivity contribution in [2.45, 2.75) is 50.0 Å². The van der Waals surface area contributed by atoms with E-state index in [1.54, 1.807) is 39.0 Å². The van der Waals surface area contributed by atoms with E-state index in [1.165, 1.54) is 12.1 Å². The number of alkyl halides is 3. The van der Waals surface area contributed by atoms with Gasteiger partial charge in [0.25, 0.3) is 0 Å². The number of aliphatic carboxylic acids is 1. The lowest BCUT2D eigenvalue weighted by Gasteiger charge is -2.23. The Kier molecular flexibility index (Phi) is 10.6. The van der Waals surface area contributed by atoms with E-state index in [-0.39, 0.29) is 17.9 Å². The molecule has 0 aromatic heterocycles. The first-order valence-electron chi connectivity index (χ1n) is 8.56. The lowest BCUT2D eigenvalue weighted by Crippen LogP contribution is -2.51. The van der Waals surface area contributed by atoms with Gasteiger partial charge in [-0.1, -0.05) is 18.2 Å². The average molecular weight is 471 g/mol. The highest BCUT2D eigenvalue weighted by Crippen LogP contribution is 2.13. The molecule has 1 rings (SSSR count). The van der Waals surface area contributed by atoms with Gasteiger partial charge in [-0.25, -0.2) is 13.2 Å². The maximum absolute atomic E-state index is 12.3. The Labute approximate surface area is 177 Å². The zero-order valence-corrected chi connectivity index (χ0v) is 17.7. The van der Waals surface area contributed by atoms with Gasteiger partial charge in [0.1, 0.15) is 11.8 Å². The van der Waals surface area contributed by atoms with Crippen LogP contribution in [0.4, 0.5) is 13.2 Å². The van der Waals surface area contributed by atoms with Gasteiger partial charge in [0.15, 0.2) is 0 Å². The van der Waals surface area contributed by atoms with Gasteiger partial charge in [0.05, 0.1) is 17.9 Å². The fourth-order valence-electron chi connectivity index (χ4n) is 1.78. The molecule has 1 aromatic rings. The normalized spacial score (nSPS) is 12.7. The standard InChI is InChI=1S/C15H23N3O5S.C2HF3O2/c1-15(2,3)23-14(20)9-12(17-13(19)10-16)18-24(21,22)11-7-5-4-6-8-11;3-2(4,5)1(6)7/h4-8,12,18H,9-10,16H2,1-3H3,(H,17,19);(H,6,7)/t12-;/m0./s1. The number of carboxylic acid groups (broad SMARTS) is 1. The van der Waals surface area contributed by atoms with Crippen molar-refractivity contribution in [2.75, 3.05) is 6.54 Å². The molecule has 0 fully saturated rings. The number of benzene rings is 1. The smallest absolute Gasteiger partial charge is 0.475 e. The van der Waals surface area contributed by atoms with Gasteiger partial charge in [-0.05, 0) is 32.9 Å². The van der Waals surface area contributed by atoms with Crippen LogP contribution in [0.25, 0.3) is 0 Å². The summed E-state index contributed by atoms with van der Waals surface area (Å²) in [6.45, 7) is 4.73. The molecule has 0 unspecified atom stereocenters. The number of sulfonamides is 1. The molecule has 0 heterocycles. The summed E-state index contributed by atoms with van der Waals surface area (Å²) in [5.41, 5.74) is 4.50. The minimum absolute atomic E-state index is 0.0150. The number of carboxylic acids is 1. The van der Waals surface area contributed by atoms with Crippen molar-refractivity contribution < 1.29 is 45.8 Å². The van der Waals surface area contributed by atoms with Crippen LogP contribution < -0.4 is 15.8 Å². The molecule has 0 saturated heterocycles. The highest BCUT2D eigenvalue weighted by Gasteiger charge is 2.38. The number of carbonyl (C=O) groups excluding carboxylic acids is 2. The molecule has 0 saturated carbocycles. The minimum atomic E-state index is -5.08. The van der Waals surface area contributed by atoms with Gasteiger partial charge in [0, 0.05) is 0 Å². The second-order valence-electron chi connectivity index (χ2n) is 6.85. The lowest BCUT2D eigenvalue weighted by molar-refractivity contribution is -0.192. The monoisotopic (exact) mass is 471 g/mol. The third kappa shape index (κ3) is 12.6. The molecule has 1 aromatic carbocycles. The second-order valence-corrected chi connectivity index (χ2v) is 8.57. The molecule has 1 amide bonds. The number of esters is 1. The Morgan fingerprint density at radius 2 is 1.61 bits per heavy atom. The van der Waals surface area contributed by atoms with Crippen LogP contribution in [0.1, 0.15) is 27.2 Å². The van der Waals surface area contributed by atoms with Gasteiger partial charge in [0.2, 0.25) is 15.9 Å². The van der Waals surface area contributed by atoms with Crippen LogP contribution in [-0.2, 0) is 29.1 Å². The Hall–Kier alpha value is -2.71. The highest BCUT2D eigenvalue weighted by molar-refractivity contribution is 7.89. The SMILES string of the molecule is CC(C)(C)OC(=O)C[C@@H](NC(=O)CN)NS(=O)(=O)c1ccccc1.O=C(O)C(F)(F)F. The molecule has 0 radical (unpaired) electrons. The summed E-state index contributed by atoms with van der Waals surface area (Å²) < 4.78 is 63.8. The van der Waals surface area contributed by atoms with Crippen LogP contribution in [0.3, 0.4) is 0 Å². The predicted molar refractivity (Wildman–Crippen MR) is 102 cm³/mol. The van der Waals surface area contributed by atoms with Crippen molar-refractivity contribution in [3.63, 3.8) is 0 Å². The van der Waals surface area contributed by atoms with Crippen LogP contribution >= 0.6 is 0 Å². The number of ether oxygens (including phenoxy) is 1. The highest BCUT2D eigenvalue weighted by atomic mass is 32.2. The molecular formula is C17H24F3N3O7S. The van der Waals surface area contributed by atoms with E-state index in [4.69, 9.17) is 20.4 Å². The maximum atomic E-state index is 12.3. The molecule has 0 spiro atoms. The zero-order chi connectivity index (χ0) is 24.5. The largest absolute Gasteiger partial charge is 0.490 e. The Morgan fingerprint density at radius 3 is 2.00 bits per heavy atom. The number of hydrogen-bond donors (Lipinski definition) is 4. The molecule has 5 N–H and O–H groups in total. The van der Waals surface area contributed by atoms with E-state index < -0.39 is 45.8 Å². The molecule has 31 heavy (non-hydrogen) atoms. The number of amides is 1. The molecule has 0 bridgehead atoms. The van der Waals surface area contributed by atoms with Crippen LogP contribution in [0.15, 0.2) is 35.2 Å². The van der Waals surface area contributed by atoms with Crippen LogP contribution in [-0.4, -0.2) is 55.9 Å². The number of nitrogens with one attached hydrogen (secondary N) is 2. The Bertz CT molecular complexity index is 854. The number of carbonyl (C=O) groups is 3. The predicted octanol–water partition coefficient (Wildman–Crippen LogP) is 0.731. The average Bonchev–Trinajstić information content (AvgIpc) is 2.60. The van der Waals surface area contributed by atoms with E-state index in [1.807, 2.05) is 0 Å². The van der Waals surface area contributed by atoms with Gasteiger partial charge in [-0.3, -0.25) is 9.59 Å². The number of rotatable bonds is 7. The molecule has 0 aliphatic carbocycles.